The van der Waals surface area contributed by atoms with Crippen LogP contribution < -0.4 is 0 Å². The van der Waals surface area contributed by atoms with Crippen LogP contribution in [0.4, 0.5) is 13.2 Å². The molecule has 4 atom stereocenters. The second-order valence-corrected chi connectivity index (χ2v) is 9.55. The van der Waals surface area contributed by atoms with E-state index in [9.17, 15) is 23.4 Å². The van der Waals surface area contributed by atoms with Crippen LogP contribution in [0.5, 0.6) is 0 Å². The highest BCUT2D eigenvalue weighted by molar-refractivity contribution is 5.48. The molecule has 0 aliphatic heterocycles. The van der Waals surface area contributed by atoms with Crippen LogP contribution in [0.25, 0.3) is 0 Å². The predicted octanol–water partition coefficient (Wildman–Crippen LogP) is 5.52. The Morgan fingerprint density at radius 2 is 1.52 bits per heavy atom. The highest BCUT2D eigenvalue weighted by Gasteiger charge is 2.70. The number of aliphatic hydroxyl groups is 2. The van der Waals surface area contributed by atoms with Crippen LogP contribution in [0.15, 0.2) is 54.6 Å². The van der Waals surface area contributed by atoms with Crippen LogP contribution in [0.3, 0.4) is 0 Å². The number of hydrogen-bond donors (Lipinski definition) is 2. The molecule has 0 saturated heterocycles. The number of hydrogen-bond acceptors (Lipinski definition) is 2. The summed E-state index contributed by atoms with van der Waals surface area (Å²) >= 11 is 0. The van der Waals surface area contributed by atoms with E-state index in [-0.39, 0.29) is 22.6 Å². The van der Waals surface area contributed by atoms with E-state index in [1.165, 1.54) is 36.4 Å². The van der Waals surface area contributed by atoms with Gasteiger partial charge in [-0.1, -0.05) is 75.4 Å². The van der Waals surface area contributed by atoms with Crippen molar-refractivity contribution in [3.05, 3.63) is 71.3 Å². The summed E-state index contributed by atoms with van der Waals surface area (Å²) in [4.78, 5) is 0. The number of halogens is 3. The lowest BCUT2D eigenvalue weighted by molar-refractivity contribution is -0.250. The summed E-state index contributed by atoms with van der Waals surface area (Å²) in [7, 11) is 0. The number of fused-ring (bicyclic) bond motifs is 2. The molecule has 156 valence electrons. The Labute approximate surface area is 169 Å². The molecule has 2 aromatic rings. The molecule has 2 aromatic carbocycles. The highest BCUT2D eigenvalue weighted by atomic mass is 19.4. The van der Waals surface area contributed by atoms with E-state index in [2.05, 4.69) is 0 Å². The van der Waals surface area contributed by atoms with Crippen LogP contribution in [-0.4, -0.2) is 16.4 Å². The minimum absolute atomic E-state index is 0.179. The molecule has 2 saturated carbocycles. The van der Waals surface area contributed by atoms with Crippen molar-refractivity contribution in [3.8, 4) is 0 Å². The smallest absolute Gasteiger partial charge is 0.384 e. The number of rotatable bonds is 3. The Balaban J connectivity index is 2.01. The van der Waals surface area contributed by atoms with Gasteiger partial charge in [-0.15, -0.1) is 0 Å². The van der Waals surface area contributed by atoms with Gasteiger partial charge in [-0.25, -0.2) is 0 Å². The average molecular weight is 404 g/mol. The summed E-state index contributed by atoms with van der Waals surface area (Å²) in [6, 6.07) is 13.1. The number of alkyl halides is 3. The van der Waals surface area contributed by atoms with E-state index in [1.54, 1.807) is 18.2 Å². The lowest BCUT2D eigenvalue weighted by atomic mass is 9.56. The first kappa shape index (κ1) is 20.4. The van der Waals surface area contributed by atoms with Crippen LogP contribution in [0.2, 0.25) is 0 Å². The van der Waals surface area contributed by atoms with Gasteiger partial charge in [-0.2, -0.15) is 13.2 Å². The maximum absolute atomic E-state index is 14.4. The first-order valence-electron chi connectivity index (χ1n) is 10.1. The van der Waals surface area contributed by atoms with Gasteiger partial charge in [0.2, 0.25) is 5.60 Å². The largest absolute Gasteiger partial charge is 0.425 e. The molecule has 0 radical (unpaired) electrons. The van der Waals surface area contributed by atoms with Crippen molar-refractivity contribution in [2.24, 2.45) is 16.7 Å². The van der Waals surface area contributed by atoms with Gasteiger partial charge in [-0.3, -0.25) is 0 Å². The first-order valence-corrected chi connectivity index (χ1v) is 10.1. The zero-order valence-electron chi connectivity index (χ0n) is 16.9. The van der Waals surface area contributed by atoms with E-state index >= 15 is 0 Å². The van der Waals surface area contributed by atoms with Crippen molar-refractivity contribution in [1.82, 2.24) is 0 Å². The molecule has 2 bridgehead atoms. The second kappa shape index (κ2) is 6.08. The van der Waals surface area contributed by atoms with Crippen molar-refractivity contribution < 1.29 is 23.4 Å². The molecule has 2 aliphatic rings. The quantitative estimate of drug-likeness (QED) is 0.707. The molecule has 5 heteroatoms. The maximum Gasteiger partial charge on any atom is 0.425 e. The van der Waals surface area contributed by atoms with E-state index in [4.69, 9.17) is 0 Å². The van der Waals surface area contributed by atoms with Gasteiger partial charge in [0.05, 0.1) is 0 Å². The monoisotopic (exact) mass is 404 g/mol. The summed E-state index contributed by atoms with van der Waals surface area (Å²) in [5.74, 6) is 0.223. The molecule has 29 heavy (non-hydrogen) atoms. The SMILES string of the molecule is CC1(C)[C@H]2CC[C@](C)(C2)[C@]1(O)c1ccccc1[C@@](O)(c1ccccc1)C(F)(F)F. The zero-order valence-corrected chi connectivity index (χ0v) is 16.9. The first-order chi connectivity index (χ1) is 13.4. The lowest BCUT2D eigenvalue weighted by Crippen LogP contribution is -2.54. The highest BCUT2D eigenvalue weighted by Crippen LogP contribution is 2.72. The molecule has 2 fully saturated rings. The molecule has 0 heterocycles. The predicted molar refractivity (Wildman–Crippen MR) is 105 cm³/mol. The summed E-state index contributed by atoms with van der Waals surface area (Å²) in [6.07, 6.45) is -2.48. The summed E-state index contributed by atoms with van der Waals surface area (Å²) < 4.78 is 43.2. The molecule has 0 spiro atoms. The van der Waals surface area contributed by atoms with Crippen molar-refractivity contribution in [2.45, 2.75) is 57.4 Å². The second-order valence-electron chi connectivity index (χ2n) is 9.55. The Bertz CT molecular complexity index is 916. The minimum Gasteiger partial charge on any atom is -0.384 e. The minimum atomic E-state index is -4.95. The van der Waals surface area contributed by atoms with E-state index in [0.717, 1.165) is 19.3 Å². The fourth-order valence-electron chi connectivity index (χ4n) is 6.20. The summed E-state index contributed by atoms with van der Waals surface area (Å²) in [5.41, 5.74) is -6.21. The van der Waals surface area contributed by atoms with Gasteiger partial charge < -0.3 is 10.2 Å². The molecule has 2 aliphatic carbocycles. The third kappa shape index (κ3) is 2.43. The molecule has 0 aromatic heterocycles. The molecule has 2 N–H and O–H groups in total. The van der Waals surface area contributed by atoms with Crippen molar-refractivity contribution in [3.63, 3.8) is 0 Å². The maximum atomic E-state index is 14.4. The normalized spacial score (nSPS) is 32.9. The number of benzene rings is 2. The van der Waals surface area contributed by atoms with Gasteiger partial charge in [0, 0.05) is 16.4 Å². The van der Waals surface area contributed by atoms with E-state index in [1.807, 2.05) is 20.8 Å². The summed E-state index contributed by atoms with van der Waals surface area (Å²) in [6.45, 7) is 5.84. The molecule has 2 nitrogen and oxygen atoms in total. The third-order valence-electron chi connectivity index (χ3n) is 7.88. The van der Waals surface area contributed by atoms with Crippen molar-refractivity contribution in [1.29, 1.82) is 0 Å². The molecule has 0 amide bonds. The molecule has 0 unspecified atom stereocenters. The summed E-state index contributed by atoms with van der Waals surface area (Å²) in [5, 5.41) is 23.4. The Hall–Kier alpha value is -1.85. The van der Waals surface area contributed by atoms with Gasteiger partial charge >= 0.3 is 6.18 Å². The van der Waals surface area contributed by atoms with Crippen LogP contribution in [0, 0.1) is 16.7 Å². The third-order valence-corrected chi connectivity index (χ3v) is 7.88. The average Bonchev–Trinajstić information content (AvgIpc) is 3.15. The standard InChI is InChI=1S/C24H27F3O2/c1-20(2)17-13-14-21(3,15-17)23(20,29)19-12-8-7-11-18(19)22(28,24(25,26)27)16-9-5-4-6-10-16/h4-12,17,28-29H,13-15H2,1-3H3/t17-,21+,22-,23-/m0/s1. The van der Waals surface area contributed by atoms with E-state index in [0.29, 0.717) is 0 Å². The molecular weight excluding hydrogens is 377 g/mol. The topological polar surface area (TPSA) is 40.5 Å². The van der Waals surface area contributed by atoms with Crippen LogP contribution >= 0.6 is 0 Å². The van der Waals surface area contributed by atoms with Crippen molar-refractivity contribution in [2.75, 3.05) is 0 Å². The lowest BCUT2D eigenvalue weighted by Gasteiger charge is -2.52. The van der Waals surface area contributed by atoms with E-state index < -0.39 is 28.2 Å². The van der Waals surface area contributed by atoms with Gasteiger partial charge in [-0.05, 0) is 36.3 Å². The molecule has 4 rings (SSSR count). The van der Waals surface area contributed by atoms with Crippen LogP contribution in [-0.2, 0) is 11.2 Å². The van der Waals surface area contributed by atoms with Crippen molar-refractivity contribution >= 4 is 0 Å². The van der Waals surface area contributed by atoms with Crippen LogP contribution in [0.1, 0.15) is 56.7 Å². The Kier molecular flexibility index (Phi) is 4.28. The Morgan fingerprint density at radius 1 is 0.931 bits per heavy atom. The Morgan fingerprint density at radius 3 is 2.07 bits per heavy atom. The zero-order chi connectivity index (χ0) is 21.3. The molecular formula is C24H27F3O2. The fourth-order valence-corrected chi connectivity index (χ4v) is 6.20. The van der Waals surface area contributed by atoms with Gasteiger partial charge in [0.1, 0.15) is 5.60 Å². The fraction of sp³-hybridized carbons (Fsp3) is 0.500. The van der Waals surface area contributed by atoms with Gasteiger partial charge in [0.15, 0.2) is 0 Å². The van der Waals surface area contributed by atoms with Gasteiger partial charge in [0.25, 0.3) is 0 Å².